The van der Waals surface area contributed by atoms with E-state index in [1.165, 1.54) is 7.11 Å². The molecule has 0 saturated carbocycles. The van der Waals surface area contributed by atoms with Gasteiger partial charge >= 0.3 is 0 Å². The van der Waals surface area contributed by atoms with E-state index in [9.17, 15) is 4.79 Å². The third kappa shape index (κ3) is 1.24. The third-order valence-corrected chi connectivity index (χ3v) is 1.65. The quantitative estimate of drug-likeness (QED) is 0.681. The van der Waals surface area contributed by atoms with E-state index >= 15 is 0 Å². The van der Waals surface area contributed by atoms with Crippen LogP contribution in [-0.2, 0) is 0 Å². The Kier molecular flexibility index (Phi) is 1.70. The highest BCUT2D eigenvalue weighted by atomic mass is 16.5. The van der Waals surface area contributed by atoms with Gasteiger partial charge in [0.15, 0.2) is 5.65 Å². The molecule has 2 heterocycles. The maximum absolute atomic E-state index is 11.3. The lowest BCUT2D eigenvalue weighted by Gasteiger charge is -1.98. The molecule has 2 rings (SSSR count). The summed E-state index contributed by atoms with van der Waals surface area (Å²) in [5, 5.41) is 0.461. The standard InChI is InChI=1S/C8H7N3O2/c1-13-8-10-6-5(7(12)11-8)3-2-4-9-6/h2-4H,1H3,(H,9,10,11,12). The number of hydrogen-bond acceptors (Lipinski definition) is 4. The van der Waals surface area contributed by atoms with Gasteiger partial charge in [-0.1, -0.05) is 0 Å². The van der Waals surface area contributed by atoms with Crippen molar-refractivity contribution < 1.29 is 4.74 Å². The first-order chi connectivity index (χ1) is 6.31. The Morgan fingerprint density at radius 2 is 2.38 bits per heavy atom. The molecule has 0 aliphatic carbocycles. The van der Waals surface area contributed by atoms with E-state index < -0.39 is 0 Å². The summed E-state index contributed by atoms with van der Waals surface area (Å²) < 4.78 is 4.80. The molecule has 0 bridgehead atoms. The lowest BCUT2D eigenvalue weighted by molar-refractivity contribution is 0.380. The molecule has 66 valence electrons. The van der Waals surface area contributed by atoms with Crippen molar-refractivity contribution in [3.05, 3.63) is 28.7 Å². The van der Waals surface area contributed by atoms with Crippen molar-refractivity contribution >= 4 is 11.0 Å². The number of aromatic nitrogens is 3. The van der Waals surface area contributed by atoms with Crippen molar-refractivity contribution in [3.63, 3.8) is 0 Å². The number of pyridine rings is 1. The van der Waals surface area contributed by atoms with E-state index in [1.807, 2.05) is 0 Å². The summed E-state index contributed by atoms with van der Waals surface area (Å²) in [6.07, 6.45) is 1.58. The largest absolute Gasteiger partial charge is 0.468 e. The minimum Gasteiger partial charge on any atom is -0.468 e. The highest BCUT2D eigenvalue weighted by Gasteiger charge is 2.02. The molecule has 0 fully saturated rings. The van der Waals surface area contributed by atoms with Gasteiger partial charge in [-0.25, -0.2) is 4.98 Å². The van der Waals surface area contributed by atoms with Crippen LogP contribution in [0.3, 0.4) is 0 Å². The molecule has 0 aliphatic rings. The van der Waals surface area contributed by atoms with Crippen molar-refractivity contribution in [2.24, 2.45) is 0 Å². The molecule has 0 saturated heterocycles. The van der Waals surface area contributed by atoms with Crippen molar-refractivity contribution in [1.29, 1.82) is 0 Å². The molecule has 2 aromatic rings. The monoisotopic (exact) mass is 177 g/mol. The van der Waals surface area contributed by atoms with Crippen molar-refractivity contribution in [1.82, 2.24) is 15.0 Å². The molecule has 0 atom stereocenters. The number of rotatable bonds is 1. The summed E-state index contributed by atoms with van der Waals surface area (Å²) in [7, 11) is 1.44. The van der Waals surface area contributed by atoms with Gasteiger partial charge in [0.05, 0.1) is 12.5 Å². The van der Waals surface area contributed by atoms with Crippen molar-refractivity contribution in [2.75, 3.05) is 7.11 Å². The first kappa shape index (κ1) is 7.72. The molecule has 1 N–H and O–H groups in total. The zero-order valence-corrected chi connectivity index (χ0v) is 6.94. The molecule has 0 radical (unpaired) electrons. The van der Waals surface area contributed by atoms with Crippen LogP contribution in [0.25, 0.3) is 11.0 Å². The van der Waals surface area contributed by atoms with E-state index in [-0.39, 0.29) is 11.6 Å². The molecular formula is C8H7N3O2. The Morgan fingerprint density at radius 1 is 1.54 bits per heavy atom. The van der Waals surface area contributed by atoms with Gasteiger partial charge in [0.1, 0.15) is 0 Å². The SMILES string of the molecule is COc1nc2ncccc2c(=O)[nH]1. The number of methoxy groups -OCH3 is 1. The smallest absolute Gasteiger partial charge is 0.298 e. The second-order valence-corrected chi connectivity index (χ2v) is 2.45. The summed E-state index contributed by atoms with van der Waals surface area (Å²) in [5.41, 5.74) is 0.151. The Morgan fingerprint density at radius 3 is 3.15 bits per heavy atom. The molecule has 0 unspecified atom stereocenters. The number of aromatic amines is 1. The average molecular weight is 177 g/mol. The van der Waals surface area contributed by atoms with E-state index in [2.05, 4.69) is 15.0 Å². The van der Waals surface area contributed by atoms with Gasteiger partial charge in [-0.2, -0.15) is 4.98 Å². The van der Waals surface area contributed by atoms with Gasteiger partial charge in [-0.05, 0) is 12.1 Å². The Labute approximate surface area is 73.4 Å². The Balaban J connectivity index is 2.85. The first-order valence-corrected chi connectivity index (χ1v) is 3.70. The summed E-state index contributed by atoms with van der Waals surface area (Å²) in [5.74, 6) is 0. The topological polar surface area (TPSA) is 67.9 Å². The van der Waals surface area contributed by atoms with Gasteiger partial charge in [0.2, 0.25) is 0 Å². The number of nitrogens with zero attached hydrogens (tertiary/aromatic N) is 2. The van der Waals surface area contributed by atoms with Crippen LogP contribution >= 0.6 is 0 Å². The Hall–Kier alpha value is -1.91. The molecule has 5 heteroatoms. The fourth-order valence-corrected chi connectivity index (χ4v) is 1.05. The van der Waals surface area contributed by atoms with E-state index in [1.54, 1.807) is 18.3 Å². The predicted octanol–water partition coefficient (Wildman–Crippen LogP) is 0.327. The molecule has 0 aliphatic heterocycles. The molecule has 0 amide bonds. The minimum absolute atomic E-state index is 0.177. The summed E-state index contributed by atoms with van der Waals surface area (Å²) >= 11 is 0. The number of nitrogens with one attached hydrogen (secondary N) is 1. The van der Waals surface area contributed by atoms with Gasteiger partial charge in [0.25, 0.3) is 11.6 Å². The van der Waals surface area contributed by atoms with Crippen molar-refractivity contribution in [2.45, 2.75) is 0 Å². The minimum atomic E-state index is -0.241. The van der Waals surface area contributed by atoms with Crippen LogP contribution in [0.1, 0.15) is 0 Å². The highest BCUT2D eigenvalue weighted by molar-refractivity contribution is 5.72. The van der Waals surface area contributed by atoms with Crippen LogP contribution < -0.4 is 10.3 Å². The zero-order chi connectivity index (χ0) is 9.26. The van der Waals surface area contributed by atoms with Crippen LogP contribution in [0.5, 0.6) is 6.01 Å². The number of hydrogen-bond donors (Lipinski definition) is 1. The van der Waals surface area contributed by atoms with Gasteiger partial charge in [-0.15, -0.1) is 0 Å². The number of H-pyrrole nitrogens is 1. The van der Waals surface area contributed by atoms with E-state index in [0.717, 1.165) is 0 Å². The maximum Gasteiger partial charge on any atom is 0.298 e. The number of ether oxygens (including phenoxy) is 1. The van der Waals surface area contributed by atoms with E-state index in [0.29, 0.717) is 11.0 Å². The molecule has 0 aromatic carbocycles. The second-order valence-electron chi connectivity index (χ2n) is 2.45. The summed E-state index contributed by atoms with van der Waals surface area (Å²) in [6, 6.07) is 3.52. The van der Waals surface area contributed by atoms with Crippen LogP contribution in [0.4, 0.5) is 0 Å². The first-order valence-electron chi connectivity index (χ1n) is 3.70. The van der Waals surface area contributed by atoms with Gasteiger partial charge in [0, 0.05) is 6.20 Å². The molecule has 2 aromatic heterocycles. The summed E-state index contributed by atoms with van der Waals surface area (Å²) in [6.45, 7) is 0. The normalized spacial score (nSPS) is 10.2. The molecule has 13 heavy (non-hydrogen) atoms. The fraction of sp³-hybridized carbons (Fsp3) is 0.125. The van der Waals surface area contributed by atoms with Gasteiger partial charge < -0.3 is 4.74 Å². The lowest BCUT2D eigenvalue weighted by Crippen LogP contribution is -2.09. The summed E-state index contributed by atoms with van der Waals surface area (Å²) in [4.78, 5) is 21.7. The fourth-order valence-electron chi connectivity index (χ4n) is 1.05. The maximum atomic E-state index is 11.3. The Bertz CT molecular complexity index is 492. The van der Waals surface area contributed by atoms with Crippen LogP contribution in [-0.4, -0.2) is 22.1 Å². The van der Waals surface area contributed by atoms with Crippen LogP contribution in [0, 0.1) is 0 Å². The van der Waals surface area contributed by atoms with Gasteiger partial charge in [-0.3, -0.25) is 9.78 Å². The third-order valence-electron chi connectivity index (χ3n) is 1.65. The number of fused-ring (bicyclic) bond motifs is 1. The highest BCUT2D eigenvalue weighted by Crippen LogP contribution is 2.05. The van der Waals surface area contributed by atoms with E-state index in [4.69, 9.17) is 4.74 Å². The zero-order valence-electron chi connectivity index (χ0n) is 6.94. The van der Waals surface area contributed by atoms with Crippen LogP contribution in [0.2, 0.25) is 0 Å². The lowest BCUT2D eigenvalue weighted by atomic mass is 10.3. The average Bonchev–Trinajstić information content (AvgIpc) is 2.18. The molecule has 0 spiro atoms. The molecular weight excluding hydrogens is 170 g/mol. The van der Waals surface area contributed by atoms with Crippen LogP contribution in [0.15, 0.2) is 23.1 Å². The second kappa shape index (κ2) is 2.85. The predicted molar refractivity (Wildman–Crippen MR) is 46.7 cm³/mol. The molecule has 5 nitrogen and oxygen atoms in total. The van der Waals surface area contributed by atoms with Crippen molar-refractivity contribution in [3.8, 4) is 6.01 Å².